The van der Waals surface area contributed by atoms with Crippen molar-refractivity contribution in [1.29, 1.82) is 0 Å². The van der Waals surface area contributed by atoms with Gasteiger partial charge >= 0.3 is 0 Å². The molecular formula is C30H36FN3O3. The summed E-state index contributed by atoms with van der Waals surface area (Å²) in [6.07, 6.45) is 0.757. The van der Waals surface area contributed by atoms with Crippen molar-refractivity contribution >= 4 is 16.7 Å². The smallest absolute Gasteiger partial charge is 0.224 e. The third-order valence-corrected chi connectivity index (χ3v) is 7.32. The molecule has 0 radical (unpaired) electrons. The molecule has 7 heteroatoms. The number of carbonyl (C=O) groups is 1. The van der Waals surface area contributed by atoms with Crippen LogP contribution in [0.5, 0.6) is 5.75 Å². The van der Waals surface area contributed by atoms with Crippen molar-refractivity contribution in [2.75, 3.05) is 59.1 Å². The molecule has 0 aliphatic carbocycles. The van der Waals surface area contributed by atoms with E-state index in [4.69, 9.17) is 9.47 Å². The number of rotatable bonds is 9. The SMILES string of the molecule is O=C(NCCN1CCOCC1)[C@@H]1C[C@H](COc2cccc(F)c2)CN(Cc2ccc3ccccc3c2)C1. The standard InChI is InChI=1S/C30H36FN3O3/c31-28-6-3-7-29(18-28)37-22-24-17-27(30(35)32-10-11-33-12-14-36-15-13-33)21-34(20-24)19-23-8-9-25-4-1-2-5-26(25)16-23/h1-9,16,18,24,27H,10-15,17,19-22H2,(H,32,35)/t24-,27+/m0/s1. The Balaban J connectivity index is 1.22. The van der Waals surface area contributed by atoms with Gasteiger partial charge in [0.15, 0.2) is 0 Å². The first-order valence-electron chi connectivity index (χ1n) is 13.3. The summed E-state index contributed by atoms with van der Waals surface area (Å²) in [7, 11) is 0. The lowest BCUT2D eigenvalue weighted by Gasteiger charge is -2.37. The molecule has 3 aromatic rings. The molecule has 37 heavy (non-hydrogen) atoms. The Kier molecular flexibility index (Phi) is 8.66. The second-order valence-electron chi connectivity index (χ2n) is 10.2. The molecule has 2 fully saturated rings. The summed E-state index contributed by atoms with van der Waals surface area (Å²) in [5.41, 5.74) is 1.23. The number of halogens is 1. The van der Waals surface area contributed by atoms with Crippen LogP contribution in [0.1, 0.15) is 12.0 Å². The highest BCUT2D eigenvalue weighted by Crippen LogP contribution is 2.26. The predicted molar refractivity (Wildman–Crippen MR) is 143 cm³/mol. The van der Waals surface area contributed by atoms with Gasteiger partial charge in [-0.05, 0) is 41.0 Å². The Morgan fingerprint density at radius 1 is 0.973 bits per heavy atom. The molecular weight excluding hydrogens is 469 g/mol. The van der Waals surface area contributed by atoms with Gasteiger partial charge in [0.25, 0.3) is 0 Å². The molecule has 3 aromatic carbocycles. The Morgan fingerprint density at radius 3 is 2.65 bits per heavy atom. The van der Waals surface area contributed by atoms with Crippen LogP contribution in [0.3, 0.4) is 0 Å². The number of morpholine rings is 1. The lowest BCUT2D eigenvalue weighted by Crippen LogP contribution is -2.48. The number of nitrogens with one attached hydrogen (secondary N) is 1. The molecule has 196 valence electrons. The maximum Gasteiger partial charge on any atom is 0.224 e. The second kappa shape index (κ2) is 12.5. The molecule has 0 spiro atoms. The van der Waals surface area contributed by atoms with Gasteiger partial charge in [0, 0.05) is 57.8 Å². The highest BCUT2D eigenvalue weighted by Gasteiger charge is 2.32. The second-order valence-corrected chi connectivity index (χ2v) is 10.2. The van der Waals surface area contributed by atoms with E-state index in [1.54, 1.807) is 12.1 Å². The summed E-state index contributed by atoms with van der Waals surface area (Å²) in [5.74, 6) is 0.384. The van der Waals surface area contributed by atoms with E-state index in [0.29, 0.717) is 25.4 Å². The summed E-state index contributed by atoms with van der Waals surface area (Å²) in [6, 6.07) is 21.2. The molecule has 1 amide bonds. The molecule has 2 heterocycles. The van der Waals surface area contributed by atoms with Crippen LogP contribution in [0.15, 0.2) is 66.7 Å². The van der Waals surface area contributed by atoms with E-state index in [1.807, 2.05) is 0 Å². The van der Waals surface area contributed by atoms with Crippen LogP contribution in [0.4, 0.5) is 4.39 Å². The van der Waals surface area contributed by atoms with Gasteiger partial charge in [0.05, 0.1) is 25.7 Å². The van der Waals surface area contributed by atoms with Crippen molar-refractivity contribution < 1.29 is 18.7 Å². The van der Waals surface area contributed by atoms with Crippen LogP contribution in [0, 0.1) is 17.7 Å². The number of fused-ring (bicyclic) bond motifs is 1. The highest BCUT2D eigenvalue weighted by molar-refractivity contribution is 5.83. The zero-order valence-corrected chi connectivity index (χ0v) is 21.3. The quantitative estimate of drug-likeness (QED) is 0.478. The van der Waals surface area contributed by atoms with Crippen LogP contribution in [-0.4, -0.2) is 74.8 Å². The number of hydrogen-bond acceptors (Lipinski definition) is 5. The van der Waals surface area contributed by atoms with Crippen LogP contribution < -0.4 is 10.1 Å². The van der Waals surface area contributed by atoms with Crippen molar-refractivity contribution in [2.45, 2.75) is 13.0 Å². The number of benzene rings is 3. The molecule has 2 aliphatic heterocycles. The van der Waals surface area contributed by atoms with Crippen molar-refractivity contribution in [3.8, 4) is 5.75 Å². The summed E-state index contributed by atoms with van der Waals surface area (Å²) in [5, 5.41) is 5.62. The average molecular weight is 506 g/mol. The number of likely N-dealkylation sites (tertiary alicyclic amines) is 1. The lowest BCUT2D eigenvalue weighted by molar-refractivity contribution is -0.127. The van der Waals surface area contributed by atoms with Crippen LogP contribution in [0.2, 0.25) is 0 Å². The van der Waals surface area contributed by atoms with Crippen molar-refractivity contribution in [2.24, 2.45) is 11.8 Å². The third kappa shape index (κ3) is 7.28. The molecule has 2 aliphatic rings. The predicted octanol–water partition coefficient (Wildman–Crippen LogP) is 3.94. The van der Waals surface area contributed by atoms with Crippen molar-refractivity contribution in [1.82, 2.24) is 15.1 Å². The van der Waals surface area contributed by atoms with Gasteiger partial charge in [-0.25, -0.2) is 4.39 Å². The zero-order chi connectivity index (χ0) is 25.5. The summed E-state index contributed by atoms with van der Waals surface area (Å²) < 4.78 is 25.0. The van der Waals surface area contributed by atoms with Gasteiger partial charge in [-0.2, -0.15) is 0 Å². The van der Waals surface area contributed by atoms with Gasteiger partial charge in [-0.15, -0.1) is 0 Å². The molecule has 0 bridgehead atoms. The van der Waals surface area contributed by atoms with E-state index in [9.17, 15) is 9.18 Å². The van der Waals surface area contributed by atoms with E-state index in [2.05, 4.69) is 57.6 Å². The number of hydrogen-bond donors (Lipinski definition) is 1. The van der Waals surface area contributed by atoms with Crippen molar-refractivity contribution in [3.05, 3.63) is 78.1 Å². The largest absolute Gasteiger partial charge is 0.493 e. The van der Waals surface area contributed by atoms with E-state index in [1.165, 1.54) is 28.5 Å². The minimum Gasteiger partial charge on any atom is -0.493 e. The van der Waals surface area contributed by atoms with Crippen LogP contribution in [-0.2, 0) is 16.1 Å². The molecule has 0 aromatic heterocycles. The lowest BCUT2D eigenvalue weighted by atomic mass is 9.88. The fourth-order valence-corrected chi connectivity index (χ4v) is 5.42. The zero-order valence-electron chi connectivity index (χ0n) is 21.3. The van der Waals surface area contributed by atoms with Crippen molar-refractivity contribution in [3.63, 3.8) is 0 Å². The number of ether oxygens (including phenoxy) is 2. The normalized spacial score (nSPS) is 21.1. The topological polar surface area (TPSA) is 54.0 Å². The minimum atomic E-state index is -0.309. The van der Waals surface area contributed by atoms with E-state index in [-0.39, 0.29) is 23.6 Å². The summed E-state index contributed by atoms with van der Waals surface area (Å²) >= 11 is 0. The first-order chi connectivity index (χ1) is 18.1. The van der Waals surface area contributed by atoms with E-state index < -0.39 is 0 Å². The summed E-state index contributed by atoms with van der Waals surface area (Å²) in [6.45, 7) is 7.61. The highest BCUT2D eigenvalue weighted by atomic mass is 19.1. The van der Waals surface area contributed by atoms with Crippen LogP contribution >= 0.6 is 0 Å². The number of carbonyl (C=O) groups excluding carboxylic acids is 1. The number of piperidine rings is 1. The van der Waals surface area contributed by atoms with E-state index in [0.717, 1.165) is 52.4 Å². The van der Waals surface area contributed by atoms with Gasteiger partial charge in [-0.3, -0.25) is 14.6 Å². The first kappa shape index (κ1) is 25.6. The van der Waals surface area contributed by atoms with E-state index >= 15 is 0 Å². The minimum absolute atomic E-state index is 0.104. The molecule has 2 atom stereocenters. The Hall–Kier alpha value is -3.00. The van der Waals surface area contributed by atoms with Gasteiger partial charge in [-0.1, -0.05) is 42.5 Å². The number of nitrogens with zero attached hydrogens (tertiary/aromatic N) is 2. The molecule has 6 nitrogen and oxygen atoms in total. The Bertz CT molecular complexity index is 1180. The maximum atomic E-state index is 13.6. The molecule has 0 saturated carbocycles. The molecule has 1 N–H and O–H groups in total. The monoisotopic (exact) mass is 505 g/mol. The summed E-state index contributed by atoms with van der Waals surface area (Å²) in [4.78, 5) is 17.9. The first-order valence-corrected chi connectivity index (χ1v) is 13.3. The van der Waals surface area contributed by atoms with Gasteiger partial charge in [0.2, 0.25) is 5.91 Å². The third-order valence-electron chi connectivity index (χ3n) is 7.32. The molecule has 2 saturated heterocycles. The van der Waals surface area contributed by atoms with Crippen LogP contribution in [0.25, 0.3) is 10.8 Å². The fourth-order valence-electron chi connectivity index (χ4n) is 5.42. The average Bonchev–Trinajstić information content (AvgIpc) is 2.92. The Labute approximate surface area is 218 Å². The molecule has 0 unspecified atom stereocenters. The van der Waals surface area contributed by atoms with Gasteiger partial charge < -0.3 is 14.8 Å². The maximum absolute atomic E-state index is 13.6. The fraction of sp³-hybridized carbons (Fsp3) is 0.433. The van der Waals surface area contributed by atoms with Gasteiger partial charge in [0.1, 0.15) is 11.6 Å². The molecule has 5 rings (SSSR count). The Morgan fingerprint density at radius 2 is 1.81 bits per heavy atom. The number of amides is 1.